The molecule has 0 radical (unpaired) electrons. The van der Waals surface area contributed by atoms with E-state index in [1.165, 1.54) is 0 Å². The van der Waals surface area contributed by atoms with Crippen LogP contribution in [0.1, 0.15) is 5.56 Å². The van der Waals surface area contributed by atoms with Crippen molar-refractivity contribution in [2.75, 3.05) is 0 Å². The Morgan fingerprint density at radius 2 is 2.00 bits per heavy atom. The zero-order chi connectivity index (χ0) is 8.65. The van der Waals surface area contributed by atoms with Crippen molar-refractivity contribution in [3.05, 3.63) is 35.9 Å². The fraction of sp³-hybridized carbons (Fsp3) is 0.0909. The van der Waals surface area contributed by atoms with Crippen LogP contribution in [0.25, 0.3) is 0 Å². The van der Waals surface area contributed by atoms with E-state index < -0.39 is 0 Å². The van der Waals surface area contributed by atoms with Crippen LogP contribution in [0.3, 0.4) is 0 Å². The molecule has 1 heteroatoms. The second-order valence-electron chi connectivity index (χ2n) is 2.37. The van der Waals surface area contributed by atoms with E-state index in [9.17, 15) is 0 Å². The van der Waals surface area contributed by atoms with Gasteiger partial charge in [0.05, 0.1) is 0 Å². The summed E-state index contributed by atoms with van der Waals surface area (Å²) in [7, 11) is -0.330. The first-order chi connectivity index (χ1) is 5.93. The SMILES string of the molecule is C#CC[SiH2]C#Cc1ccccc1. The van der Waals surface area contributed by atoms with Crippen molar-refractivity contribution >= 4 is 9.52 Å². The molecule has 58 valence electrons. The molecular weight excluding hydrogens is 160 g/mol. The van der Waals surface area contributed by atoms with Gasteiger partial charge in [0.1, 0.15) is 9.52 Å². The van der Waals surface area contributed by atoms with E-state index in [-0.39, 0.29) is 9.52 Å². The van der Waals surface area contributed by atoms with Gasteiger partial charge in [0, 0.05) is 11.6 Å². The van der Waals surface area contributed by atoms with Crippen molar-refractivity contribution in [1.82, 2.24) is 0 Å². The quantitative estimate of drug-likeness (QED) is 0.338. The molecule has 0 aliphatic carbocycles. The molecule has 1 aromatic carbocycles. The van der Waals surface area contributed by atoms with Crippen molar-refractivity contribution in [3.8, 4) is 23.8 Å². The first kappa shape index (κ1) is 8.65. The summed E-state index contributed by atoms with van der Waals surface area (Å²) >= 11 is 0. The highest BCUT2D eigenvalue weighted by Crippen LogP contribution is 1.94. The van der Waals surface area contributed by atoms with Gasteiger partial charge in [-0.1, -0.05) is 24.1 Å². The highest BCUT2D eigenvalue weighted by molar-refractivity contribution is 6.47. The van der Waals surface area contributed by atoms with E-state index in [4.69, 9.17) is 6.42 Å². The lowest BCUT2D eigenvalue weighted by atomic mass is 10.2. The maximum absolute atomic E-state index is 5.12. The fourth-order valence-electron chi connectivity index (χ4n) is 0.821. The topological polar surface area (TPSA) is 0 Å². The van der Waals surface area contributed by atoms with Gasteiger partial charge in [0.25, 0.3) is 0 Å². The first-order valence-electron chi connectivity index (χ1n) is 3.91. The van der Waals surface area contributed by atoms with Gasteiger partial charge in [-0.25, -0.2) is 0 Å². The van der Waals surface area contributed by atoms with Crippen LogP contribution < -0.4 is 0 Å². The van der Waals surface area contributed by atoms with Crippen LogP contribution in [0.2, 0.25) is 6.04 Å². The van der Waals surface area contributed by atoms with Crippen molar-refractivity contribution < 1.29 is 0 Å². The molecule has 0 aromatic heterocycles. The van der Waals surface area contributed by atoms with Crippen LogP contribution in [0, 0.1) is 23.8 Å². The van der Waals surface area contributed by atoms with Gasteiger partial charge in [0.2, 0.25) is 0 Å². The Hall–Kier alpha value is -1.44. The van der Waals surface area contributed by atoms with Crippen molar-refractivity contribution in [2.24, 2.45) is 0 Å². The minimum atomic E-state index is -0.330. The van der Waals surface area contributed by atoms with Gasteiger partial charge in [0.15, 0.2) is 0 Å². The van der Waals surface area contributed by atoms with Gasteiger partial charge < -0.3 is 0 Å². The van der Waals surface area contributed by atoms with Crippen molar-refractivity contribution in [2.45, 2.75) is 6.04 Å². The smallest absolute Gasteiger partial charge is 0.119 e. The van der Waals surface area contributed by atoms with Crippen LogP contribution in [0.15, 0.2) is 30.3 Å². The van der Waals surface area contributed by atoms with E-state index in [1.807, 2.05) is 30.3 Å². The standard InChI is InChI=1S/C11H10Si/c1-2-9-12-10-8-11-6-4-3-5-7-11/h1,3-7H,9,12H2. The molecule has 0 amide bonds. The predicted octanol–water partition coefficient (Wildman–Crippen LogP) is 1.22. The second kappa shape index (κ2) is 5.24. The van der Waals surface area contributed by atoms with Crippen LogP contribution in [0.4, 0.5) is 0 Å². The highest BCUT2D eigenvalue weighted by atomic mass is 28.2. The Balaban J connectivity index is 2.51. The molecule has 0 aliphatic rings. The van der Waals surface area contributed by atoms with Gasteiger partial charge in [-0.2, -0.15) is 0 Å². The third kappa shape index (κ3) is 3.10. The molecule has 0 saturated heterocycles. The average Bonchev–Trinajstić information content (AvgIpc) is 2.14. The molecule has 12 heavy (non-hydrogen) atoms. The number of hydrogen-bond donors (Lipinski definition) is 0. The Kier molecular flexibility index (Phi) is 3.78. The second-order valence-corrected chi connectivity index (χ2v) is 3.73. The third-order valence-corrected chi connectivity index (χ3v) is 2.37. The lowest BCUT2D eigenvalue weighted by Crippen LogP contribution is -1.80. The molecular formula is C11H10Si. The molecule has 0 spiro atoms. The molecule has 0 fully saturated rings. The number of benzene rings is 1. The van der Waals surface area contributed by atoms with E-state index in [2.05, 4.69) is 17.4 Å². The summed E-state index contributed by atoms with van der Waals surface area (Å²) < 4.78 is 0. The van der Waals surface area contributed by atoms with Gasteiger partial charge in [-0.15, -0.1) is 17.9 Å². The Labute approximate surface area is 75.8 Å². The first-order valence-corrected chi connectivity index (χ1v) is 5.61. The summed E-state index contributed by atoms with van der Waals surface area (Å²) in [5, 5.41) is 0. The minimum Gasteiger partial charge on any atom is -0.133 e. The monoisotopic (exact) mass is 170 g/mol. The van der Waals surface area contributed by atoms with Crippen LogP contribution in [-0.2, 0) is 0 Å². The number of rotatable bonds is 1. The van der Waals surface area contributed by atoms with Gasteiger partial charge >= 0.3 is 0 Å². The molecule has 0 aliphatic heterocycles. The van der Waals surface area contributed by atoms with E-state index in [1.54, 1.807) is 0 Å². The maximum Gasteiger partial charge on any atom is 0.119 e. The molecule has 0 atom stereocenters. The molecule has 1 aromatic rings. The summed E-state index contributed by atoms with van der Waals surface area (Å²) in [5.41, 5.74) is 4.23. The fourth-order valence-corrected chi connectivity index (χ4v) is 1.42. The summed E-state index contributed by atoms with van der Waals surface area (Å²) in [5.74, 6) is 5.71. The highest BCUT2D eigenvalue weighted by Gasteiger charge is 1.80. The van der Waals surface area contributed by atoms with Crippen LogP contribution in [-0.4, -0.2) is 9.52 Å². The number of hydrogen-bond acceptors (Lipinski definition) is 0. The maximum atomic E-state index is 5.12. The van der Waals surface area contributed by atoms with Crippen molar-refractivity contribution in [3.63, 3.8) is 0 Å². The Morgan fingerprint density at radius 1 is 1.25 bits per heavy atom. The molecule has 0 bridgehead atoms. The lowest BCUT2D eigenvalue weighted by Gasteiger charge is -1.85. The van der Waals surface area contributed by atoms with E-state index in [0.29, 0.717) is 0 Å². The Morgan fingerprint density at radius 3 is 2.67 bits per heavy atom. The van der Waals surface area contributed by atoms with Gasteiger partial charge in [-0.05, 0) is 12.1 Å². The number of terminal acetylenes is 1. The lowest BCUT2D eigenvalue weighted by molar-refractivity contribution is 1.65. The molecule has 1 rings (SSSR count). The minimum absolute atomic E-state index is 0.330. The molecule has 0 heterocycles. The van der Waals surface area contributed by atoms with E-state index in [0.717, 1.165) is 11.6 Å². The summed E-state index contributed by atoms with van der Waals surface area (Å²) in [4.78, 5) is 0. The van der Waals surface area contributed by atoms with Crippen molar-refractivity contribution in [1.29, 1.82) is 0 Å². The summed E-state index contributed by atoms with van der Waals surface area (Å²) in [6.45, 7) is 0. The molecule has 0 unspecified atom stereocenters. The van der Waals surface area contributed by atoms with Crippen LogP contribution in [0.5, 0.6) is 0 Å². The van der Waals surface area contributed by atoms with E-state index >= 15 is 0 Å². The zero-order valence-corrected chi connectivity index (χ0v) is 8.29. The molecule has 0 nitrogen and oxygen atoms in total. The summed E-state index contributed by atoms with van der Waals surface area (Å²) in [6.07, 6.45) is 5.12. The third-order valence-electron chi connectivity index (χ3n) is 1.40. The van der Waals surface area contributed by atoms with Gasteiger partial charge in [-0.3, -0.25) is 0 Å². The zero-order valence-electron chi connectivity index (χ0n) is 6.88. The molecule has 0 saturated carbocycles. The molecule has 0 N–H and O–H groups in total. The average molecular weight is 170 g/mol. The largest absolute Gasteiger partial charge is 0.133 e. The predicted molar refractivity (Wildman–Crippen MR) is 55.5 cm³/mol. The van der Waals surface area contributed by atoms with Crippen LogP contribution >= 0.6 is 0 Å². The normalized spacial score (nSPS) is 8.92. The Bertz CT molecular complexity index is 322. The summed E-state index contributed by atoms with van der Waals surface area (Å²) in [6, 6.07) is 10.9.